The van der Waals surface area contributed by atoms with Gasteiger partial charge >= 0.3 is 0 Å². The lowest BCUT2D eigenvalue weighted by molar-refractivity contribution is 0.0819. The van der Waals surface area contributed by atoms with Crippen molar-refractivity contribution in [2.45, 2.75) is 18.9 Å². The molecule has 1 heterocycles. The molecule has 98 valence electrons. The zero-order chi connectivity index (χ0) is 13.1. The summed E-state index contributed by atoms with van der Waals surface area (Å²) in [6.07, 6.45) is 2.54. The number of methoxy groups -OCH3 is 1. The molecule has 0 aromatic heterocycles. The van der Waals surface area contributed by atoms with E-state index in [9.17, 15) is 0 Å². The lowest BCUT2D eigenvalue weighted by atomic mass is 10.1. The van der Waals surface area contributed by atoms with Gasteiger partial charge in [0.2, 0.25) is 0 Å². The van der Waals surface area contributed by atoms with Crippen LogP contribution in [0, 0.1) is 0 Å². The summed E-state index contributed by atoms with van der Waals surface area (Å²) >= 11 is 8.57. The van der Waals surface area contributed by atoms with Crippen molar-refractivity contribution in [2.24, 2.45) is 5.73 Å². The standard InChI is InChI=1S/C13H17BrN2OS/c1-17-10-4-6-16(7-5-10)12-3-2-9(13(15)18)8-11(12)14/h2-3,8,10H,4-7H2,1H3,(H2,15,18). The number of nitrogens with two attached hydrogens (primary N) is 1. The van der Waals surface area contributed by atoms with Crippen LogP contribution in [0.5, 0.6) is 0 Å². The molecule has 1 aromatic rings. The summed E-state index contributed by atoms with van der Waals surface area (Å²) in [6.45, 7) is 2.03. The average molecular weight is 329 g/mol. The smallest absolute Gasteiger partial charge is 0.104 e. The largest absolute Gasteiger partial charge is 0.389 e. The van der Waals surface area contributed by atoms with E-state index in [0.717, 1.165) is 36.0 Å². The molecule has 0 unspecified atom stereocenters. The van der Waals surface area contributed by atoms with E-state index < -0.39 is 0 Å². The van der Waals surface area contributed by atoms with Crippen molar-refractivity contribution in [2.75, 3.05) is 25.1 Å². The first-order valence-electron chi connectivity index (χ1n) is 5.99. The molecule has 1 fully saturated rings. The first kappa shape index (κ1) is 13.8. The monoisotopic (exact) mass is 328 g/mol. The maximum Gasteiger partial charge on any atom is 0.104 e. The van der Waals surface area contributed by atoms with Crippen molar-refractivity contribution in [3.63, 3.8) is 0 Å². The van der Waals surface area contributed by atoms with E-state index in [1.54, 1.807) is 7.11 Å². The molecule has 1 saturated heterocycles. The van der Waals surface area contributed by atoms with Crippen molar-refractivity contribution in [1.82, 2.24) is 0 Å². The molecule has 0 bridgehead atoms. The molecular weight excluding hydrogens is 312 g/mol. The van der Waals surface area contributed by atoms with Crippen molar-refractivity contribution in [1.29, 1.82) is 0 Å². The highest BCUT2D eigenvalue weighted by atomic mass is 79.9. The van der Waals surface area contributed by atoms with Crippen LogP contribution in [0.2, 0.25) is 0 Å². The second-order valence-corrected chi connectivity index (χ2v) is 5.75. The van der Waals surface area contributed by atoms with Crippen molar-refractivity contribution >= 4 is 38.8 Å². The van der Waals surface area contributed by atoms with Gasteiger partial charge in [0, 0.05) is 30.2 Å². The Bertz CT molecular complexity index is 445. The SMILES string of the molecule is COC1CCN(c2ccc(C(N)=S)cc2Br)CC1. The minimum absolute atomic E-state index is 0.399. The predicted octanol–water partition coefficient (Wildman–Crippen LogP) is 2.70. The van der Waals surface area contributed by atoms with Crippen molar-refractivity contribution in [3.05, 3.63) is 28.2 Å². The van der Waals surface area contributed by atoms with Gasteiger partial charge in [-0.25, -0.2) is 0 Å². The Kier molecular flexibility index (Phi) is 4.59. The third kappa shape index (κ3) is 3.02. The Morgan fingerprint density at radius 2 is 2.11 bits per heavy atom. The second-order valence-electron chi connectivity index (χ2n) is 4.45. The van der Waals surface area contributed by atoms with Gasteiger partial charge in [-0.1, -0.05) is 12.2 Å². The fraction of sp³-hybridized carbons (Fsp3) is 0.462. The topological polar surface area (TPSA) is 38.5 Å². The molecule has 2 N–H and O–H groups in total. The summed E-state index contributed by atoms with van der Waals surface area (Å²) in [5, 5.41) is 0. The van der Waals surface area contributed by atoms with Gasteiger partial charge in [0.05, 0.1) is 11.8 Å². The Morgan fingerprint density at radius 3 is 2.61 bits per heavy atom. The van der Waals surface area contributed by atoms with E-state index >= 15 is 0 Å². The highest BCUT2D eigenvalue weighted by Crippen LogP contribution is 2.30. The van der Waals surface area contributed by atoms with E-state index in [2.05, 4.69) is 26.9 Å². The van der Waals surface area contributed by atoms with Gasteiger partial charge in [0.15, 0.2) is 0 Å². The highest BCUT2D eigenvalue weighted by molar-refractivity contribution is 9.10. The van der Waals surface area contributed by atoms with Crippen molar-refractivity contribution < 1.29 is 4.74 Å². The Balaban J connectivity index is 2.12. The van der Waals surface area contributed by atoms with Gasteiger partial charge < -0.3 is 15.4 Å². The molecule has 18 heavy (non-hydrogen) atoms. The van der Waals surface area contributed by atoms with E-state index in [1.807, 2.05) is 12.1 Å². The van der Waals surface area contributed by atoms with E-state index in [4.69, 9.17) is 22.7 Å². The van der Waals surface area contributed by atoms with Crippen LogP contribution in [0.25, 0.3) is 0 Å². The summed E-state index contributed by atoms with van der Waals surface area (Å²) in [5.41, 5.74) is 7.72. The summed E-state index contributed by atoms with van der Waals surface area (Å²) < 4.78 is 6.43. The number of nitrogens with zero attached hydrogens (tertiary/aromatic N) is 1. The fourth-order valence-electron chi connectivity index (χ4n) is 2.25. The molecule has 0 aliphatic carbocycles. The minimum Gasteiger partial charge on any atom is -0.389 e. The lowest BCUT2D eigenvalue weighted by Crippen LogP contribution is -2.36. The number of piperidine rings is 1. The number of hydrogen-bond acceptors (Lipinski definition) is 3. The molecule has 0 spiro atoms. The maximum atomic E-state index is 5.63. The molecule has 0 amide bonds. The number of hydrogen-bond donors (Lipinski definition) is 1. The van der Waals surface area contributed by atoms with Crippen LogP contribution in [0.4, 0.5) is 5.69 Å². The molecular formula is C13H17BrN2OS. The average Bonchev–Trinajstić information content (AvgIpc) is 2.38. The zero-order valence-corrected chi connectivity index (χ0v) is 12.8. The van der Waals surface area contributed by atoms with Gasteiger partial charge in [-0.05, 0) is 47.0 Å². The lowest BCUT2D eigenvalue weighted by Gasteiger charge is -2.33. The number of benzene rings is 1. The van der Waals surface area contributed by atoms with Gasteiger partial charge in [-0.2, -0.15) is 0 Å². The molecule has 0 saturated carbocycles. The zero-order valence-electron chi connectivity index (χ0n) is 10.4. The van der Waals surface area contributed by atoms with Crippen LogP contribution in [-0.2, 0) is 4.74 Å². The van der Waals surface area contributed by atoms with Crippen molar-refractivity contribution in [3.8, 4) is 0 Å². The molecule has 0 radical (unpaired) electrons. The van der Waals surface area contributed by atoms with Crippen LogP contribution < -0.4 is 10.6 Å². The van der Waals surface area contributed by atoms with E-state index in [1.165, 1.54) is 5.69 Å². The molecule has 1 aliphatic heterocycles. The number of anilines is 1. The molecule has 3 nitrogen and oxygen atoms in total. The summed E-state index contributed by atoms with van der Waals surface area (Å²) in [7, 11) is 1.78. The number of ether oxygens (including phenoxy) is 1. The first-order chi connectivity index (χ1) is 8.61. The number of rotatable bonds is 3. The highest BCUT2D eigenvalue weighted by Gasteiger charge is 2.20. The quantitative estimate of drug-likeness (QED) is 0.866. The third-order valence-corrected chi connectivity index (χ3v) is 4.22. The van der Waals surface area contributed by atoms with Crippen LogP contribution in [0.15, 0.2) is 22.7 Å². The van der Waals surface area contributed by atoms with Crippen LogP contribution in [0.1, 0.15) is 18.4 Å². The van der Waals surface area contributed by atoms with Gasteiger partial charge in [-0.3, -0.25) is 0 Å². The van der Waals surface area contributed by atoms with Crippen LogP contribution >= 0.6 is 28.1 Å². The third-order valence-electron chi connectivity index (χ3n) is 3.35. The summed E-state index contributed by atoms with van der Waals surface area (Å²) in [5.74, 6) is 0. The number of thiocarbonyl (C=S) groups is 1. The van der Waals surface area contributed by atoms with Gasteiger partial charge in [0.25, 0.3) is 0 Å². The Hall–Kier alpha value is -0.650. The van der Waals surface area contributed by atoms with Gasteiger partial charge in [0.1, 0.15) is 4.99 Å². The molecule has 0 atom stereocenters. The van der Waals surface area contributed by atoms with Gasteiger partial charge in [-0.15, -0.1) is 0 Å². The molecule has 1 aromatic carbocycles. The number of halogens is 1. The molecule has 2 rings (SSSR count). The normalized spacial score (nSPS) is 16.9. The summed E-state index contributed by atoms with van der Waals surface area (Å²) in [6, 6.07) is 6.04. The van der Waals surface area contributed by atoms with Crippen LogP contribution in [-0.4, -0.2) is 31.3 Å². The first-order valence-corrected chi connectivity index (χ1v) is 7.19. The second kappa shape index (κ2) is 5.99. The minimum atomic E-state index is 0.399. The molecule has 5 heteroatoms. The fourth-order valence-corrected chi connectivity index (χ4v) is 3.01. The Labute approximate surface area is 121 Å². The maximum absolute atomic E-state index is 5.63. The predicted molar refractivity (Wildman–Crippen MR) is 82.3 cm³/mol. The Morgan fingerprint density at radius 1 is 1.44 bits per heavy atom. The van der Waals surface area contributed by atoms with E-state index in [-0.39, 0.29) is 0 Å². The van der Waals surface area contributed by atoms with E-state index in [0.29, 0.717) is 11.1 Å². The summed E-state index contributed by atoms with van der Waals surface area (Å²) in [4.78, 5) is 2.79. The van der Waals surface area contributed by atoms with Crippen LogP contribution in [0.3, 0.4) is 0 Å². The molecule has 1 aliphatic rings.